The molecule has 6 nitrogen and oxygen atoms in total. The number of rotatable bonds is 5. The lowest BCUT2D eigenvalue weighted by atomic mass is 10.2. The Labute approximate surface area is 150 Å². The molecule has 3 aromatic rings. The van der Waals surface area contributed by atoms with Gasteiger partial charge in [-0.05, 0) is 58.9 Å². The minimum absolute atomic E-state index is 0.329. The highest BCUT2D eigenvalue weighted by atomic mass is 79.9. The van der Waals surface area contributed by atoms with E-state index in [9.17, 15) is 4.79 Å². The first-order chi connectivity index (χ1) is 11.7. The monoisotopic (exact) mass is 405 g/mol. The van der Waals surface area contributed by atoms with Crippen molar-refractivity contribution in [3.8, 4) is 11.5 Å². The molecule has 0 unspecified atom stereocenters. The maximum atomic E-state index is 11.6. The standard InChI is InChI=1S/C16H12BrN3O3S/c1-2-22-15(21)10-7-8-13(18-9-10)24-16-20-19-14(23-16)11-5-3-4-6-12(11)17/h3-9H,2H2,1H3. The molecule has 0 radical (unpaired) electrons. The molecule has 0 saturated carbocycles. The number of aromatic nitrogens is 3. The summed E-state index contributed by atoms with van der Waals surface area (Å²) in [4.78, 5) is 15.8. The molecule has 0 N–H and O–H groups in total. The Balaban J connectivity index is 1.73. The van der Waals surface area contributed by atoms with Crippen molar-refractivity contribution in [1.82, 2.24) is 15.2 Å². The summed E-state index contributed by atoms with van der Waals surface area (Å²) in [5.41, 5.74) is 1.23. The zero-order chi connectivity index (χ0) is 16.9. The van der Waals surface area contributed by atoms with Gasteiger partial charge in [0.25, 0.3) is 5.22 Å². The Morgan fingerprint density at radius 1 is 1.25 bits per heavy atom. The minimum atomic E-state index is -0.393. The third kappa shape index (κ3) is 3.82. The zero-order valence-corrected chi connectivity index (χ0v) is 15.0. The van der Waals surface area contributed by atoms with Gasteiger partial charge in [0.2, 0.25) is 5.89 Å². The van der Waals surface area contributed by atoms with E-state index in [0.29, 0.717) is 28.3 Å². The fourth-order valence-corrected chi connectivity index (χ4v) is 2.94. The Morgan fingerprint density at radius 3 is 2.79 bits per heavy atom. The van der Waals surface area contributed by atoms with Crippen LogP contribution in [0, 0.1) is 0 Å². The fraction of sp³-hybridized carbons (Fsp3) is 0.125. The molecule has 122 valence electrons. The zero-order valence-electron chi connectivity index (χ0n) is 12.6. The van der Waals surface area contributed by atoms with Gasteiger partial charge in [0.15, 0.2) is 0 Å². The highest BCUT2D eigenvalue weighted by Crippen LogP contribution is 2.31. The number of ether oxygens (including phenoxy) is 1. The van der Waals surface area contributed by atoms with E-state index in [1.54, 1.807) is 19.1 Å². The van der Waals surface area contributed by atoms with Crippen LogP contribution in [-0.4, -0.2) is 27.8 Å². The van der Waals surface area contributed by atoms with E-state index in [1.807, 2.05) is 24.3 Å². The van der Waals surface area contributed by atoms with Gasteiger partial charge in [0.05, 0.1) is 17.7 Å². The van der Waals surface area contributed by atoms with Crippen LogP contribution in [0.3, 0.4) is 0 Å². The molecule has 0 atom stereocenters. The summed E-state index contributed by atoms with van der Waals surface area (Å²) in [6.45, 7) is 2.09. The van der Waals surface area contributed by atoms with Crippen LogP contribution >= 0.6 is 27.7 Å². The molecule has 0 saturated heterocycles. The molecule has 3 rings (SSSR count). The lowest BCUT2D eigenvalue weighted by molar-refractivity contribution is 0.0525. The molecule has 1 aromatic carbocycles. The summed E-state index contributed by atoms with van der Waals surface area (Å²) in [5, 5.41) is 9.07. The Bertz CT molecular complexity index is 852. The van der Waals surface area contributed by atoms with E-state index >= 15 is 0 Å². The van der Waals surface area contributed by atoms with Crippen molar-refractivity contribution in [2.24, 2.45) is 0 Å². The molecule has 0 aliphatic heterocycles. The smallest absolute Gasteiger partial charge is 0.339 e. The van der Waals surface area contributed by atoms with E-state index < -0.39 is 5.97 Å². The van der Waals surface area contributed by atoms with Crippen LogP contribution in [0.5, 0.6) is 0 Å². The predicted molar refractivity (Wildman–Crippen MR) is 91.8 cm³/mol. The summed E-state index contributed by atoms with van der Waals surface area (Å²) in [6, 6.07) is 11.0. The van der Waals surface area contributed by atoms with Crippen molar-refractivity contribution in [2.45, 2.75) is 17.2 Å². The highest BCUT2D eigenvalue weighted by Gasteiger charge is 2.13. The fourth-order valence-electron chi connectivity index (χ4n) is 1.86. The van der Waals surface area contributed by atoms with Gasteiger partial charge in [0.1, 0.15) is 5.03 Å². The number of pyridine rings is 1. The Morgan fingerprint density at radius 2 is 2.08 bits per heavy atom. The number of hydrogen-bond donors (Lipinski definition) is 0. The van der Waals surface area contributed by atoms with Crippen molar-refractivity contribution >= 4 is 33.7 Å². The van der Waals surface area contributed by atoms with Gasteiger partial charge in [-0.15, -0.1) is 10.2 Å². The topological polar surface area (TPSA) is 78.1 Å². The number of esters is 1. The van der Waals surface area contributed by atoms with Crippen molar-refractivity contribution in [3.63, 3.8) is 0 Å². The predicted octanol–water partition coefficient (Wildman–Crippen LogP) is 4.22. The van der Waals surface area contributed by atoms with Crippen LogP contribution in [-0.2, 0) is 4.74 Å². The average molecular weight is 406 g/mol. The van der Waals surface area contributed by atoms with Gasteiger partial charge in [-0.3, -0.25) is 0 Å². The van der Waals surface area contributed by atoms with Crippen molar-refractivity contribution in [3.05, 3.63) is 52.6 Å². The number of hydrogen-bond acceptors (Lipinski definition) is 7. The minimum Gasteiger partial charge on any atom is -0.462 e. The maximum absolute atomic E-state index is 11.6. The molecule has 8 heteroatoms. The quantitative estimate of drug-likeness (QED) is 0.587. The van der Waals surface area contributed by atoms with Gasteiger partial charge < -0.3 is 9.15 Å². The van der Waals surface area contributed by atoms with E-state index in [2.05, 4.69) is 31.1 Å². The summed E-state index contributed by atoms with van der Waals surface area (Å²) in [7, 11) is 0. The van der Waals surface area contributed by atoms with Crippen LogP contribution in [0.4, 0.5) is 0 Å². The number of carbonyl (C=O) groups is 1. The van der Waals surface area contributed by atoms with Gasteiger partial charge in [-0.25, -0.2) is 9.78 Å². The second kappa shape index (κ2) is 7.59. The van der Waals surface area contributed by atoms with E-state index in [0.717, 1.165) is 10.0 Å². The maximum Gasteiger partial charge on any atom is 0.339 e. The van der Waals surface area contributed by atoms with Crippen LogP contribution in [0.15, 0.2) is 61.7 Å². The molecule has 0 aliphatic carbocycles. The molecule has 2 aromatic heterocycles. The van der Waals surface area contributed by atoms with Crippen LogP contribution in [0.2, 0.25) is 0 Å². The number of carbonyl (C=O) groups excluding carboxylic acids is 1. The van der Waals surface area contributed by atoms with E-state index in [1.165, 1.54) is 18.0 Å². The van der Waals surface area contributed by atoms with Crippen LogP contribution in [0.1, 0.15) is 17.3 Å². The molecular weight excluding hydrogens is 394 g/mol. The van der Waals surface area contributed by atoms with Gasteiger partial charge in [-0.1, -0.05) is 12.1 Å². The van der Waals surface area contributed by atoms with Gasteiger partial charge in [-0.2, -0.15) is 0 Å². The first kappa shape index (κ1) is 16.7. The number of benzene rings is 1. The molecule has 0 spiro atoms. The first-order valence-corrected chi connectivity index (χ1v) is 8.67. The number of nitrogens with zero attached hydrogens (tertiary/aromatic N) is 3. The normalized spacial score (nSPS) is 10.6. The average Bonchev–Trinajstić information content (AvgIpc) is 3.04. The molecule has 2 heterocycles. The SMILES string of the molecule is CCOC(=O)c1ccc(Sc2nnc(-c3ccccc3Br)o2)nc1. The summed E-state index contributed by atoms with van der Waals surface area (Å²) in [6.07, 6.45) is 1.46. The first-order valence-electron chi connectivity index (χ1n) is 7.07. The highest BCUT2D eigenvalue weighted by molar-refractivity contribution is 9.10. The third-order valence-electron chi connectivity index (χ3n) is 2.95. The summed E-state index contributed by atoms with van der Waals surface area (Å²) in [5.74, 6) is 0.0312. The second-order valence-corrected chi connectivity index (χ2v) is 6.39. The van der Waals surface area contributed by atoms with Crippen molar-refractivity contribution in [2.75, 3.05) is 6.61 Å². The number of halogens is 1. The molecule has 24 heavy (non-hydrogen) atoms. The van der Waals surface area contributed by atoms with E-state index in [4.69, 9.17) is 9.15 Å². The lowest BCUT2D eigenvalue weighted by Crippen LogP contribution is -2.04. The second-order valence-electron chi connectivity index (χ2n) is 4.56. The molecule has 0 aliphatic rings. The molecule has 0 bridgehead atoms. The molecule has 0 amide bonds. The summed E-state index contributed by atoms with van der Waals surface area (Å²) >= 11 is 4.68. The Hall–Kier alpha value is -2.19. The van der Waals surface area contributed by atoms with Crippen molar-refractivity contribution in [1.29, 1.82) is 0 Å². The van der Waals surface area contributed by atoms with Crippen molar-refractivity contribution < 1.29 is 13.9 Å². The van der Waals surface area contributed by atoms with Crippen LogP contribution < -0.4 is 0 Å². The summed E-state index contributed by atoms with van der Waals surface area (Å²) < 4.78 is 11.4. The Kier molecular flexibility index (Phi) is 5.27. The van der Waals surface area contributed by atoms with Gasteiger partial charge in [0, 0.05) is 10.7 Å². The molecule has 0 fully saturated rings. The van der Waals surface area contributed by atoms with E-state index in [-0.39, 0.29) is 0 Å². The molecular formula is C16H12BrN3O3S. The lowest BCUT2D eigenvalue weighted by Gasteiger charge is -2.01. The third-order valence-corrected chi connectivity index (χ3v) is 4.43. The van der Waals surface area contributed by atoms with Gasteiger partial charge >= 0.3 is 5.97 Å². The largest absolute Gasteiger partial charge is 0.462 e. The van der Waals surface area contributed by atoms with Crippen LogP contribution in [0.25, 0.3) is 11.5 Å².